The number of rotatable bonds is 5. The van der Waals surface area contributed by atoms with Gasteiger partial charge in [0.25, 0.3) is 5.91 Å². The number of hydrogen-bond donors (Lipinski definition) is 2. The molecule has 0 radical (unpaired) electrons. The standard InChI is InChI=1S/C16H18N8OS/c25-15(20-16-23-19-10-26-16)11-5-6-12(17-8-11)18-9-14-22-21-13-4-2-1-3-7-24(13)14/h5-6,8,10H,1-4,7,9H2,(H,17,18)(H,20,23,25). The third-order valence-electron chi connectivity index (χ3n) is 4.22. The first kappa shape index (κ1) is 16.6. The largest absolute Gasteiger partial charge is 0.363 e. The number of anilines is 2. The molecule has 0 bridgehead atoms. The van der Waals surface area contributed by atoms with Gasteiger partial charge in [0.2, 0.25) is 5.13 Å². The van der Waals surface area contributed by atoms with Crippen LogP contribution in [0.15, 0.2) is 23.8 Å². The molecule has 0 saturated carbocycles. The summed E-state index contributed by atoms with van der Waals surface area (Å²) in [6, 6.07) is 3.49. The summed E-state index contributed by atoms with van der Waals surface area (Å²) in [6.07, 6.45) is 6.09. The first-order chi connectivity index (χ1) is 12.8. The van der Waals surface area contributed by atoms with Crippen LogP contribution >= 0.6 is 11.3 Å². The molecule has 1 aliphatic heterocycles. The van der Waals surface area contributed by atoms with Crippen LogP contribution in [-0.4, -0.2) is 35.9 Å². The maximum absolute atomic E-state index is 12.1. The topological polar surface area (TPSA) is 111 Å². The molecule has 0 aromatic carbocycles. The van der Waals surface area contributed by atoms with E-state index in [2.05, 4.69) is 40.6 Å². The smallest absolute Gasteiger partial charge is 0.259 e. The van der Waals surface area contributed by atoms with E-state index in [0.717, 1.165) is 31.0 Å². The van der Waals surface area contributed by atoms with E-state index in [-0.39, 0.29) is 5.91 Å². The van der Waals surface area contributed by atoms with Crippen LogP contribution in [0.3, 0.4) is 0 Å². The number of hydrogen-bond acceptors (Lipinski definition) is 8. The normalized spacial score (nSPS) is 13.7. The van der Waals surface area contributed by atoms with Crippen LogP contribution in [0.5, 0.6) is 0 Å². The Morgan fingerprint density at radius 2 is 2.15 bits per heavy atom. The Bertz CT molecular complexity index is 874. The molecule has 26 heavy (non-hydrogen) atoms. The summed E-state index contributed by atoms with van der Waals surface area (Å²) in [6.45, 7) is 1.52. The van der Waals surface area contributed by atoms with E-state index in [0.29, 0.717) is 23.1 Å². The summed E-state index contributed by atoms with van der Waals surface area (Å²) < 4.78 is 2.20. The minimum absolute atomic E-state index is 0.261. The van der Waals surface area contributed by atoms with Gasteiger partial charge in [-0.25, -0.2) is 4.98 Å². The molecule has 4 heterocycles. The van der Waals surface area contributed by atoms with Crippen molar-refractivity contribution in [1.82, 2.24) is 29.9 Å². The second-order valence-electron chi connectivity index (χ2n) is 5.98. The van der Waals surface area contributed by atoms with Crippen molar-refractivity contribution < 1.29 is 4.79 Å². The van der Waals surface area contributed by atoms with Gasteiger partial charge < -0.3 is 9.88 Å². The zero-order valence-electron chi connectivity index (χ0n) is 14.1. The lowest BCUT2D eigenvalue weighted by atomic mass is 10.2. The second kappa shape index (κ2) is 7.56. The van der Waals surface area contributed by atoms with E-state index in [1.165, 1.54) is 30.4 Å². The highest BCUT2D eigenvalue weighted by molar-refractivity contribution is 7.13. The first-order valence-corrected chi connectivity index (χ1v) is 9.36. The van der Waals surface area contributed by atoms with Crippen molar-refractivity contribution in [1.29, 1.82) is 0 Å². The molecule has 0 saturated heterocycles. The van der Waals surface area contributed by atoms with Crippen molar-refractivity contribution in [2.45, 2.75) is 38.8 Å². The van der Waals surface area contributed by atoms with E-state index >= 15 is 0 Å². The van der Waals surface area contributed by atoms with Crippen molar-refractivity contribution in [3.8, 4) is 0 Å². The predicted octanol–water partition coefficient (Wildman–Crippen LogP) is 2.12. The lowest BCUT2D eigenvalue weighted by Gasteiger charge is -2.09. The molecule has 0 unspecified atom stereocenters. The van der Waals surface area contributed by atoms with Crippen LogP contribution in [0.4, 0.5) is 10.9 Å². The van der Waals surface area contributed by atoms with Gasteiger partial charge in [-0.3, -0.25) is 10.1 Å². The van der Waals surface area contributed by atoms with Crippen LogP contribution in [-0.2, 0) is 19.5 Å². The van der Waals surface area contributed by atoms with E-state index in [1.54, 1.807) is 17.6 Å². The van der Waals surface area contributed by atoms with Crippen LogP contribution < -0.4 is 10.6 Å². The Morgan fingerprint density at radius 1 is 1.19 bits per heavy atom. The van der Waals surface area contributed by atoms with Gasteiger partial charge in [-0.15, -0.1) is 20.4 Å². The van der Waals surface area contributed by atoms with Gasteiger partial charge in [0.05, 0.1) is 12.1 Å². The monoisotopic (exact) mass is 370 g/mol. The summed E-state index contributed by atoms with van der Waals surface area (Å²) in [4.78, 5) is 16.4. The zero-order valence-corrected chi connectivity index (χ0v) is 14.9. The van der Waals surface area contributed by atoms with Crippen LogP contribution in [0.25, 0.3) is 0 Å². The summed E-state index contributed by atoms with van der Waals surface area (Å²) >= 11 is 1.27. The van der Waals surface area contributed by atoms with Gasteiger partial charge in [0.15, 0.2) is 5.82 Å². The predicted molar refractivity (Wildman–Crippen MR) is 97.0 cm³/mol. The fourth-order valence-corrected chi connectivity index (χ4v) is 3.32. The maximum Gasteiger partial charge on any atom is 0.259 e. The molecule has 1 amide bonds. The third kappa shape index (κ3) is 3.69. The van der Waals surface area contributed by atoms with E-state index in [9.17, 15) is 4.79 Å². The minimum Gasteiger partial charge on any atom is -0.363 e. The van der Waals surface area contributed by atoms with Crippen LogP contribution in [0, 0.1) is 0 Å². The van der Waals surface area contributed by atoms with Gasteiger partial charge in [-0.1, -0.05) is 17.8 Å². The van der Waals surface area contributed by atoms with Crippen molar-refractivity contribution >= 4 is 28.2 Å². The van der Waals surface area contributed by atoms with Gasteiger partial charge in [0.1, 0.15) is 17.2 Å². The highest BCUT2D eigenvalue weighted by Crippen LogP contribution is 2.16. The Balaban J connectivity index is 1.37. The lowest BCUT2D eigenvalue weighted by Crippen LogP contribution is -2.13. The molecular weight excluding hydrogens is 352 g/mol. The molecule has 1 aliphatic rings. The molecule has 10 heteroatoms. The zero-order chi connectivity index (χ0) is 17.8. The summed E-state index contributed by atoms with van der Waals surface area (Å²) in [5.41, 5.74) is 2.02. The fraction of sp³-hybridized carbons (Fsp3) is 0.375. The molecular formula is C16H18N8OS. The van der Waals surface area contributed by atoms with Gasteiger partial charge in [-0.2, -0.15) is 0 Å². The number of pyridine rings is 1. The molecule has 3 aromatic heterocycles. The molecule has 0 aliphatic carbocycles. The molecule has 134 valence electrons. The number of carbonyl (C=O) groups is 1. The van der Waals surface area contributed by atoms with E-state index in [4.69, 9.17) is 0 Å². The Hall–Kier alpha value is -2.88. The van der Waals surface area contributed by atoms with Gasteiger partial charge in [0, 0.05) is 19.2 Å². The van der Waals surface area contributed by atoms with Crippen molar-refractivity contribution in [2.75, 3.05) is 10.6 Å². The number of aromatic nitrogens is 6. The number of amides is 1. The Labute approximate surface area is 153 Å². The molecule has 0 spiro atoms. The van der Waals surface area contributed by atoms with Crippen LogP contribution in [0.1, 0.15) is 41.3 Å². The number of nitrogens with one attached hydrogen (secondary N) is 2. The SMILES string of the molecule is O=C(Nc1nncs1)c1ccc(NCc2nnc3n2CCCCC3)nc1. The molecule has 0 fully saturated rings. The number of fused-ring (bicyclic) bond motifs is 1. The molecule has 2 N–H and O–H groups in total. The Kier molecular flexibility index (Phi) is 4.82. The second-order valence-corrected chi connectivity index (χ2v) is 6.81. The first-order valence-electron chi connectivity index (χ1n) is 8.48. The molecule has 4 rings (SSSR count). The van der Waals surface area contributed by atoms with Crippen molar-refractivity contribution in [3.63, 3.8) is 0 Å². The summed E-state index contributed by atoms with van der Waals surface area (Å²) in [7, 11) is 0. The molecule has 3 aromatic rings. The van der Waals surface area contributed by atoms with Crippen LogP contribution in [0.2, 0.25) is 0 Å². The van der Waals surface area contributed by atoms with E-state index in [1.807, 2.05) is 0 Å². The van der Waals surface area contributed by atoms with E-state index < -0.39 is 0 Å². The quantitative estimate of drug-likeness (QED) is 0.707. The number of nitrogens with zero attached hydrogens (tertiary/aromatic N) is 6. The summed E-state index contributed by atoms with van der Waals surface area (Å²) in [5.74, 6) is 2.41. The summed E-state index contributed by atoms with van der Waals surface area (Å²) in [5, 5.41) is 22.4. The average Bonchev–Trinajstić information content (AvgIpc) is 3.24. The minimum atomic E-state index is -0.261. The van der Waals surface area contributed by atoms with Gasteiger partial charge in [-0.05, 0) is 25.0 Å². The highest BCUT2D eigenvalue weighted by Gasteiger charge is 2.14. The van der Waals surface area contributed by atoms with Gasteiger partial charge >= 0.3 is 0 Å². The Morgan fingerprint density at radius 3 is 2.96 bits per heavy atom. The molecule has 0 atom stereocenters. The molecule has 9 nitrogen and oxygen atoms in total. The lowest BCUT2D eigenvalue weighted by molar-refractivity contribution is 0.102. The van der Waals surface area contributed by atoms with Crippen molar-refractivity contribution in [2.24, 2.45) is 0 Å². The maximum atomic E-state index is 12.1. The number of carbonyl (C=O) groups excluding carboxylic acids is 1. The fourth-order valence-electron chi connectivity index (χ4n) is 2.88. The third-order valence-corrected chi connectivity index (χ3v) is 4.83. The average molecular weight is 370 g/mol. The highest BCUT2D eigenvalue weighted by atomic mass is 32.1. The number of aryl methyl sites for hydroxylation is 1. The van der Waals surface area contributed by atoms with Crippen molar-refractivity contribution in [3.05, 3.63) is 41.1 Å².